The van der Waals surface area contributed by atoms with Gasteiger partial charge in [-0.2, -0.15) is 0 Å². The van der Waals surface area contributed by atoms with Gasteiger partial charge in [0, 0.05) is 11.6 Å². The van der Waals surface area contributed by atoms with Crippen LogP contribution in [0.3, 0.4) is 0 Å². The third-order valence-electron chi connectivity index (χ3n) is 2.28. The summed E-state index contributed by atoms with van der Waals surface area (Å²) in [7, 11) is 0. The number of carbonyl (C=O) groups is 1. The molecule has 1 unspecified atom stereocenters. The van der Waals surface area contributed by atoms with E-state index in [2.05, 4.69) is 15.6 Å². The molecule has 0 radical (unpaired) electrons. The number of amides is 1. The molecule has 1 aliphatic rings. The highest BCUT2D eigenvalue weighted by molar-refractivity contribution is 6.30. The Morgan fingerprint density at radius 3 is 3.00 bits per heavy atom. The zero-order valence-electron chi connectivity index (χ0n) is 8.83. The summed E-state index contributed by atoms with van der Waals surface area (Å²) in [5.41, 5.74) is 0.839. The Balaban J connectivity index is 2.23. The van der Waals surface area contributed by atoms with E-state index in [4.69, 9.17) is 11.6 Å². The lowest BCUT2D eigenvalue weighted by Gasteiger charge is -2.07. The molecule has 1 saturated heterocycles. The van der Waals surface area contributed by atoms with Crippen molar-refractivity contribution in [1.29, 1.82) is 0 Å². The first-order valence-electron chi connectivity index (χ1n) is 5.08. The summed E-state index contributed by atoms with van der Waals surface area (Å²) in [5, 5.41) is 6.31. The van der Waals surface area contributed by atoms with E-state index in [9.17, 15) is 4.79 Å². The average Bonchev–Trinajstić information content (AvgIpc) is 2.60. The van der Waals surface area contributed by atoms with Gasteiger partial charge in [0.2, 0.25) is 0 Å². The fraction of sp³-hybridized carbons (Fsp3) is 0.273. The molecule has 16 heavy (non-hydrogen) atoms. The minimum atomic E-state index is -0.399. The number of benzene rings is 1. The third kappa shape index (κ3) is 2.17. The molecular weight excluding hydrogens is 226 g/mol. The summed E-state index contributed by atoms with van der Waals surface area (Å²) >= 11 is 5.88. The molecule has 2 N–H and O–H groups in total. The number of guanidine groups is 1. The molecule has 2 rings (SSSR count). The van der Waals surface area contributed by atoms with Crippen molar-refractivity contribution < 1.29 is 4.79 Å². The van der Waals surface area contributed by atoms with Crippen LogP contribution >= 0.6 is 11.6 Å². The van der Waals surface area contributed by atoms with Gasteiger partial charge in [0.25, 0.3) is 5.91 Å². The number of nitrogens with zero attached hydrogens (tertiary/aromatic N) is 1. The maximum atomic E-state index is 11.7. The zero-order valence-corrected chi connectivity index (χ0v) is 9.58. The monoisotopic (exact) mass is 237 g/mol. The average molecular weight is 238 g/mol. The number of nitrogens with one attached hydrogen (secondary N) is 2. The van der Waals surface area contributed by atoms with E-state index in [0.29, 0.717) is 17.5 Å². The standard InChI is InChI=1S/C11H12ClN3O/c1-2-13-11-14-9(10(16)15-11)7-4-3-5-8(12)6-7/h3-6,9H,2H2,1H3,(H2,13,14,15,16). The molecule has 0 spiro atoms. The number of halogens is 1. The number of hydrogen-bond acceptors (Lipinski definition) is 2. The van der Waals surface area contributed by atoms with Crippen LogP contribution < -0.4 is 10.6 Å². The van der Waals surface area contributed by atoms with E-state index in [1.54, 1.807) is 12.1 Å². The first-order valence-corrected chi connectivity index (χ1v) is 5.46. The fourth-order valence-corrected chi connectivity index (χ4v) is 1.79. The molecule has 1 atom stereocenters. The summed E-state index contributed by atoms with van der Waals surface area (Å²) in [5.74, 6) is 0.423. The quantitative estimate of drug-likeness (QED) is 0.819. The fourth-order valence-electron chi connectivity index (χ4n) is 1.59. The van der Waals surface area contributed by atoms with Gasteiger partial charge in [-0.3, -0.25) is 15.1 Å². The highest BCUT2D eigenvalue weighted by Gasteiger charge is 2.29. The molecule has 1 aliphatic heterocycles. The van der Waals surface area contributed by atoms with E-state index in [-0.39, 0.29) is 5.91 Å². The summed E-state index contributed by atoms with van der Waals surface area (Å²) in [6.45, 7) is 2.54. The van der Waals surface area contributed by atoms with Gasteiger partial charge in [-0.25, -0.2) is 0 Å². The normalized spacial score (nSPS) is 22.0. The van der Waals surface area contributed by atoms with Crippen LogP contribution in [0.5, 0.6) is 0 Å². The molecule has 84 valence electrons. The second kappa shape index (κ2) is 4.53. The van der Waals surface area contributed by atoms with Crippen molar-refractivity contribution in [3.05, 3.63) is 34.9 Å². The number of rotatable bonds is 2. The van der Waals surface area contributed by atoms with Crippen LogP contribution in [-0.4, -0.2) is 18.4 Å². The topological polar surface area (TPSA) is 53.5 Å². The number of hydrogen-bond donors (Lipinski definition) is 2. The van der Waals surface area contributed by atoms with Crippen LogP contribution in [0.4, 0.5) is 0 Å². The van der Waals surface area contributed by atoms with E-state index in [1.807, 2.05) is 19.1 Å². The van der Waals surface area contributed by atoms with Crippen LogP contribution in [0.15, 0.2) is 29.3 Å². The summed E-state index contributed by atoms with van der Waals surface area (Å²) in [4.78, 5) is 15.8. The molecule has 4 nitrogen and oxygen atoms in total. The smallest absolute Gasteiger partial charge is 0.253 e. The lowest BCUT2D eigenvalue weighted by molar-refractivity contribution is -0.120. The van der Waals surface area contributed by atoms with E-state index >= 15 is 0 Å². The van der Waals surface area contributed by atoms with E-state index < -0.39 is 6.04 Å². The van der Waals surface area contributed by atoms with Gasteiger partial charge >= 0.3 is 0 Å². The van der Waals surface area contributed by atoms with Crippen molar-refractivity contribution in [2.45, 2.75) is 13.0 Å². The first kappa shape index (κ1) is 11.0. The molecule has 0 saturated carbocycles. The van der Waals surface area contributed by atoms with Crippen molar-refractivity contribution in [1.82, 2.24) is 10.6 Å². The molecule has 0 bridgehead atoms. The van der Waals surface area contributed by atoms with Gasteiger partial charge in [0.05, 0.1) is 0 Å². The second-order valence-electron chi connectivity index (χ2n) is 3.44. The second-order valence-corrected chi connectivity index (χ2v) is 3.88. The van der Waals surface area contributed by atoms with Crippen LogP contribution in [0, 0.1) is 0 Å². The van der Waals surface area contributed by atoms with Crippen LogP contribution in [0.1, 0.15) is 18.5 Å². The van der Waals surface area contributed by atoms with Crippen molar-refractivity contribution in [3.8, 4) is 0 Å². The van der Waals surface area contributed by atoms with Crippen LogP contribution in [0.25, 0.3) is 0 Å². The Labute approximate surface area is 98.7 Å². The molecule has 0 aromatic heterocycles. The highest BCUT2D eigenvalue weighted by atomic mass is 35.5. The zero-order chi connectivity index (χ0) is 11.5. The Morgan fingerprint density at radius 1 is 1.50 bits per heavy atom. The molecule has 1 amide bonds. The third-order valence-corrected chi connectivity index (χ3v) is 2.52. The Morgan fingerprint density at radius 2 is 2.31 bits per heavy atom. The van der Waals surface area contributed by atoms with E-state index in [0.717, 1.165) is 5.56 Å². The SMILES string of the molecule is CCN=C1NC(=O)C(c2cccc(Cl)c2)N1. The molecular formula is C11H12ClN3O. The molecule has 1 fully saturated rings. The predicted molar refractivity (Wildman–Crippen MR) is 63.4 cm³/mol. The van der Waals surface area contributed by atoms with Crippen molar-refractivity contribution in [2.75, 3.05) is 6.54 Å². The Bertz CT molecular complexity index is 445. The number of carbonyl (C=O) groups excluding carboxylic acids is 1. The van der Waals surface area contributed by atoms with Gasteiger partial charge in [-0.05, 0) is 24.6 Å². The summed E-state index contributed by atoms with van der Waals surface area (Å²) < 4.78 is 0. The van der Waals surface area contributed by atoms with Gasteiger partial charge in [-0.15, -0.1) is 0 Å². The lowest BCUT2D eigenvalue weighted by atomic mass is 10.1. The maximum Gasteiger partial charge on any atom is 0.253 e. The van der Waals surface area contributed by atoms with Gasteiger partial charge < -0.3 is 5.32 Å². The molecule has 1 aromatic carbocycles. The highest BCUT2D eigenvalue weighted by Crippen LogP contribution is 2.20. The molecule has 0 aliphatic carbocycles. The summed E-state index contributed by atoms with van der Waals surface area (Å²) in [6.07, 6.45) is 0. The Kier molecular flexibility index (Phi) is 3.10. The molecule has 1 aromatic rings. The van der Waals surface area contributed by atoms with Crippen LogP contribution in [-0.2, 0) is 4.79 Å². The number of aliphatic imine (C=N–C) groups is 1. The minimum absolute atomic E-state index is 0.102. The first-order chi connectivity index (χ1) is 7.70. The predicted octanol–water partition coefficient (Wildman–Crippen LogP) is 1.48. The van der Waals surface area contributed by atoms with Crippen molar-refractivity contribution >= 4 is 23.5 Å². The maximum absolute atomic E-state index is 11.7. The van der Waals surface area contributed by atoms with Gasteiger partial charge in [0.15, 0.2) is 5.96 Å². The lowest BCUT2D eigenvalue weighted by Crippen LogP contribution is -2.25. The largest absolute Gasteiger partial charge is 0.340 e. The minimum Gasteiger partial charge on any atom is -0.340 e. The molecule has 5 heteroatoms. The van der Waals surface area contributed by atoms with Gasteiger partial charge in [-0.1, -0.05) is 23.7 Å². The van der Waals surface area contributed by atoms with Crippen molar-refractivity contribution in [2.24, 2.45) is 4.99 Å². The molecule has 1 heterocycles. The Hall–Kier alpha value is -1.55. The van der Waals surface area contributed by atoms with Crippen LogP contribution in [0.2, 0.25) is 5.02 Å². The van der Waals surface area contributed by atoms with Gasteiger partial charge in [0.1, 0.15) is 6.04 Å². The van der Waals surface area contributed by atoms with Crippen molar-refractivity contribution in [3.63, 3.8) is 0 Å². The van der Waals surface area contributed by atoms with E-state index in [1.165, 1.54) is 0 Å². The summed E-state index contributed by atoms with van der Waals surface area (Å²) in [6, 6.07) is 6.83.